The number of hydrogen-bond donors (Lipinski definition) is 2. The van der Waals surface area contributed by atoms with Gasteiger partial charge in [0, 0.05) is 25.3 Å². The molecule has 1 aromatic carbocycles. The molecule has 1 aliphatic heterocycles. The molecular formula is C21H23F3N4O. The molecule has 4 rings (SSSR count). The minimum atomic E-state index is -4.43. The van der Waals surface area contributed by atoms with E-state index in [1.165, 1.54) is 24.6 Å². The minimum absolute atomic E-state index is 0.172. The van der Waals surface area contributed by atoms with Crippen LogP contribution < -0.4 is 16.0 Å². The monoisotopic (exact) mass is 404 g/mol. The highest BCUT2D eigenvalue weighted by molar-refractivity contribution is 5.83. The molecular weight excluding hydrogens is 381 g/mol. The van der Waals surface area contributed by atoms with Crippen molar-refractivity contribution in [3.05, 3.63) is 59.4 Å². The predicted molar refractivity (Wildman–Crippen MR) is 103 cm³/mol. The predicted octanol–water partition coefficient (Wildman–Crippen LogP) is 3.37. The van der Waals surface area contributed by atoms with Crippen LogP contribution in [0.1, 0.15) is 47.9 Å². The lowest BCUT2D eigenvalue weighted by Gasteiger charge is -2.21. The van der Waals surface area contributed by atoms with Crippen molar-refractivity contribution in [3.8, 4) is 0 Å². The van der Waals surface area contributed by atoms with Gasteiger partial charge in [0.05, 0.1) is 17.4 Å². The molecule has 1 amide bonds. The third-order valence-corrected chi connectivity index (χ3v) is 5.58. The molecule has 1 saturated carbocycles. The van der Waals surface area contributed by atoms with Gasteiger partial charge in [-0.2, -0.15) is 13.2 Å². The fraction of sp³-hybridized carbons (Fsp3) is 0.429. The number of nitrogens with one attached hydrogen (secondary N) is 1. The topological polar surface area (TPSA) is 71.2 Å². The number of carbonyl (C=O) groups is 1. The van der Waals surface area contributed by atoms with Crippen molar-refractivity contribution >= 4 is 11.6 Å². The molecule has 1 aromatic heterocycles. The summed E-state index contributed by atoms with van der Waals surface area (Å²) in [5.74, 6) is 0.363. The third-order valence-electron chi connectivity index (χ3n) is 5.58. The SMILES string of the molecule is NC(C(=O)N[C@@H]1CCN(c2cncc(C(F)(F)F)c2)C1)c1ccc(C2CC2)cc1. The summed E-state index contributed by atoms with van der Waals surface area (Å²) in [7, 11) is 0. The van der Waals surface area contributed by atoms with Crippen molar-refractivity contribution in [1.29, 1.82) is 0 Å². The molecule has 1 aliphatic carbocycles. The fourth-order valence-electron chi connectivity index (χ4n) is 3.70. The van der Waals surface area contributed by atoms with Crippen molar-refractivity contribution in [2.24, 2.45) is 5.73 Å². The summed E-state index contributed by atoms with van der Waals surface area (Å²) in [6, 6.07) is 7.99. The van der Waals surface area contributed by atoms with E-state index in [1.807, 2.05) is 24.3 Å². The highest BCUT2D eigenvalue weighted by Gasteiger charge is 2.33. The lowest BCUT2D eigenvalue weighted by Crippen LogP contribution is -2.42. The van der Waals surface area contributed by atoms with Gasteiger partial charge in [-0.25, -0.2) is 0 Å². The van der Waals surface area contributed by atoms with E-state index in [-0.39, 0.29) is 11.9 Å². The molecule has 2 aromatic rings. The van der Waals surface area contributed by atoms with E-state index in [0.29, 0.717) is 31.1 Å². The summed E-state index contributed by atoms with van der Waals surface area (Å²) < 4.78 is 38.7. The van der Waals surface area contributed by atoms with Gasteiger partial charge in [-0.3, -0.25) is 9.78 Å². The van der Waals surface area contributed by atoms with Gasteiger partial charge >= 0.3 is 6.18 Å². The average Bonchev–Trinajstić information content (AvgIpc) is 3.46. The number of nitrogens with zero attached hydrogens (tertiary/aromatic N) is 2. The maximum absolute atomic E-state index is 12.9. The van der Waals surface area contributed by atoms with Gasteiger partial charge in [-0.05, 0) is 42.4 Å². The first-order valence-corrected chi connectivity index (χ1v) is 9.74. The first-order valence-electron chi connectivity index (χ1n) is 9.74. The molecule has 2 aliphatic rings. The quantitative estimate of drug-likeness (QED) is 0.802. The minimum Gasteiger partial charge on any atom is -0.368 e. The van der Waals surface area contributed by atoms with E-state index >= 15 is 0 Å². The van der Waals surface area contributed by atoms with Gasteiger partial charge in [-0.15, -0.1) is 0 Å². The zero-order valence-electron chi connectivity index (χ0n) is 15.8. The summed E-state index contributed by atoms with van der Waals surface area (Å²) in [6.07, 6.45) is 0.851. The summed E-state index contributed by atoms with van der Waals surface area (Å²) in [5.41, 5.74) is 7.77. The van der Waals surface area contributed by atoms with Crippen LogP contribution in [0.2, 0.25) is 0 Å². The standard InChI is InChI=1S/C21H23F3N4O/c22-21(23,24)16-9-18(11-26-10-16)28-8-7-17(12-28)27-20(29)19(25)15-5-3-14(4-6-15)13-1-2-13/h3-6,9-11,13,17,19H,1-2,7-8,12,25H2,(H,27,29)/t17-,19?/m1/s1. The van der Waals surface area contributed by atoms with Crippen LogP contribution in [0, 0.1) is 0 Å². The molecule has 3 N–H and O–H groups in total. The van der Waals surface area contributed by atoms with Gasteiger partial charge in [0.15, 0.2) is 0 Å². The molecule has 8 heteroatoms. The number of amides is 1. The molecule has 2 heterocycles. The number of hydrogen-bond acceptors (Lipinski definition) is 4. The Kier molecular flexibility index (Phi) is 5.21. The van der Waals surface area contributed by atoms with E-state index in [2.05, 4.69) is 10.3 Å². The number of halogens is 3. The first kappa shape index (κ1) is 19.7. The van der Waals surface area contributed by atoms with Gasteiger partial charge in [0.1, 0.15) is 6.04 Å². The van der Waals surface area contributed by atoms with Gasteiger partial charge < -0.3 is 16.0 Å². The molecule has 2 atom stereocenters. The summed E-state index contributed by atoms with van der Waals surface area (Å²) in [4.78, 5) is 18.0. The number of nitrogens with two attached hydrogens (primary N) is 1. The second kappa shape index (κ2) is 7.67. The maximum atomic E-state index is 12.9. The highest BCUT2D eigenvalue weighted by atomic mass is 19.4. The summed E-state index contributed by atoms with van der Waals surface area (Å²) in [5, 5.41) is 2.92. The molecule has 2 fully saturated rings. The average molecular weight is 404 g/mol. The highest BCUT2D eigenvalue weighted by Crippen LogP contribution is 2.40. The van der Waals surface area contributed by atoms with Crippen molar-refractivity contribution in [3.63, 3.8) is 0 Å². The first-order chi connectivity index (χ1) is 13.8. The third kappa shape index (κ3) is 4.53. The number of alkyl halides is 3. The number of pyridine rings is 1. The van der Waals surface area contributed by atoms with E-state index < -0.39 is 17.8 Å². The summed E-state index contributed by atoms with van der Waals surface area (Å²) >= 11 is 0. The Morgan fingerprint density at radius 1 is 1.17 bits per heavy atom. The number of anilines is 1. The zero-order valence-corrected chi connectivity index (χ0v) is 15.8. The molecule has 0 spiro atoms. The van der Waals surface area contributed by atoms with E-state index in [1.54, 1.807) is 4.90 Å². The lowest BCUT2D eigenvalue weighted by molar-refractivity contribution is -0.137. The van der Waals surface area contributed by atoms with E-state index in [4.69, 9.17) is 5.73 Å². The van der Waals surface area contributed by atoms with Gasteiger partial charge in [0.25, 0.3) is 0 Å². The Morgan fingerprint density at radius 2 is 1.90 bits per heavy atom. The molecule has 1 saturated heterocycles. The van der Waals surface area contributed by atoms with Gasteiger partial charge in [0.2, 0.25) is 5.91 Å². The second-order valence-corrected chi connectivity index (χ2v) is 7.79. The van der Waals surface area contributed by atoms with Crippen LogP contribution >= 0.6 is 0 Å². The molecule has 0 radical (unpaired) electrons. The smallest absolute Gasteiger partial charge is 0.368 e. The van der Waals surface area contributed by atoms with E-state index in [9.17, 15) is 18.0 Å². The lowest BCUT2D eigenvalue weighted by atomic mass is 10.0. The normalized spacial score (nSPS) is 20.6. The largest absolute Gasteiger partial charge is 0.417 e. The van der Waals surface area contributed by atoms with Gasteiger partial charge in [-0.1, -0.05) is 24.3 Å². The van der Waals surface area contributed by atoms with E-state index in [0.717, 1.165) is 17.8 Å². The van der Waals surface area contributed by atoms with Crippen LogP contribution in [0.5, 0.6) is 0 Å². The van der Waals surface area contributed by atoms with Crippen molar-refractivity contribution in [1.82, 2.24) is 10.3 Å². The van der Waals surface area contributed by atoms with Crippen LogP contribution in [0.3, 0.4) is 0 Å². The molecule has 29 heavy (non-hydrogen) atoms. The molecule has 5 nitrogen and oxygen atoms in total. The van der Waals surface area contributed by atoms with Crippen LogP contribution in [0.25, 0.3) is 0 Å². The van der Waals surface area contributed by atoms with Crippen molar-refractivity contribution < 1.29 is 18.0 Å². The Balaban J connectivity index is 1.35. The van der Waals surface area contributed by atoms with Crippen molar-refractivity contribution in [2.45, 2.75) is 43.4 Å². The number of carbonyl (C=O) groups excluding carboxylic acids is 1. The van der Waals surface area contributed by atoms with Crippen LogP contribution in [0.4, 0.5) is 18.9 Å². The second-order valence-electron chi connectivity index (χ2n) is 7.79. The number of benzene rings is 1. The Hall–Kier alpha value is -2.61. The molecule has 154 valence electrons. The van der Waals surface area contributed by atoms with Crippen LogP contribution in [-0.4, -0.2) is 30.0 Å². The number of rotatable bonds is 5. The fourth-order valence-corrected chi connectivity index (χ4v) is 3.70. The Labute approximate surface area is 167 Å². The Bertz CT molecular complexity index is 880. The Morgan fingerprint density at radius 3 is 2.55 bits per heavy atom. The number of aromatic nitrogens is 1. The maximum Gasteiger partial charge on any atom is 0.417 e. The zero-order chi connectivity index (χ0) is 20.6. The molecule has 0 bridgehead atoms. The van der Waals surface area contributed by atoms with Crippen molar-refractivity contribution in [2.75, 3.05) is 18.0 Å². The van der Waals surface area contributed by atoms with Crippen LogP contribution in [0.15, 0.2) is 42.7 Å². The summed E-state index contributed by atoms with van der Waals surface area (Å²) in [6.45, 7) is 0.960. The van der Waals surface area contributed by atoms with Crippen LogP contribution in [-0.2, 0) is 11.0 Å². The molecule has 1 unspecified atom stereocenters.